The van der Waals surface area contributed by atoms with Crippen LogP contribution in [0.25, 0.3) is 5.57 Å². The summed E-state index contributed by atoms with van der Waals surface area (Å²) in [7, 11) is 0. The Bertz CT molecular complexity index is 881. The Labute approximate surface area is 161 Å². The number of amides is 1. The zero-order valence-electron chi connectivity index (χ0n) is 16.3. The molecule has 3 nitrogen and oxygen atoms in total. The predicted molar refractivity (Wildman–Crippen MR) is 108 cm³/mol. The Kier molecular flexibility index (Phi) is 3.72. The molecule has 5 rings (SSSR count). The molecule has 2 heterocycles. The summed E-state index contributed by atoms with van der Waals surface area (Å²) in [6, 6.07) is 4.23. The summed E-state index contributed by atoms with van der Waals surface area (Å²) in [5, 5.41) is 3.06. The van der Waals surface area contributed by atoms with Crippen LogP contribution in [0.3, 0.4) is 0 Å². The first kappa shape index (κ1) is 17.0. The average molecular weight is 361 g/mol. The molecule has 4 aliphatic rings. The zero-order chi connectivity index (χ0) is 18.6. The molecule has 0 saturated heterocycles. The number of aromatic nitrogens is 1. The van der Waals surface area contributed by atoms with Crippen LogP contribution in [0.1, 0.15) is 51.5 Å². The second-order valence-electron chi connectivity index (χ2n) is 9.19. The topological polar surface area (TPSA) is 42.0 Å². The molecule has 1 aromatic rings. The molecule has 140 valence electrons. The van der Waals surface area contributed by atoms with Crippen LogP contribution in [-0.2, 0) is 4.79 Å². The van der Waals surface area contributed by atoms with Gasteiger partial charge in [-0.25, -0.2) is 0 Å². The minimum atomic E-state index is 0.105. The third-order valence-electron chi connectivity index (χ3n) is 8.00. The van der Waals surface area contributed by atoms with Gasteiger partial charge in [-0.2, -0.15) is 0 Å². The molecule has 1 amide bonds. The van der Waals surface area contributed by atoms with Crippen molar-refractivity contribution < 1.29 is 4.79 Å². The van der Waals surface area contributed by atoms with E-state index in [1.807, 2.05) is 24.5 Å². The molecule has 3 aliphatic carbocycles. The van der Waals surface area contributed by atoms with Crippen molar-refractivity contribution in [1.29, 1.82) is 0 Å². The summed E-state index contributed by atoms with van der Waals surface area (Å²) < 4.78 is 0. The van der Waals surface area contributed by atoms with Crippen molar-refractivity contribution in [2.75, 3.05) is 6.54 Å². The summed E-state index contributed by atoms with van der Waals surface area (Å²) in [5.74, 6) is 1.38. The van der Waals surface area contributed by atoms with E-state index in [0.717, 1.165) is 19.4 Å². The van der Waals surface area contributed by atoms with Crippen LogP contribution in [0, 0.1) is 22.7 Å². The fourth-order valence-electron chi connectivity index (χ4n) is 6.50. The summed E-state index contributed by atoms with van der Waals surface area (Å²) in [6.07, 6.45) is 16.3. The first-order valence-electron chi connectivity index (χ1n) is 10.3. The van der Waals surface area contributed by atoms with Crippen LogP contribution in [-0.4, -0.2) is 17.4 Å². The lowest BCUT2D eigenvalue weighted by atomic mass is 9.49. The van der Waals surface area contributed by atoms with Crippen LogP contribution in [0.2, 0.25) is 0 Å². The standard InChI is InChI=1S/C24H28N2O/c1-23-11-13-26-22(27)14-17(23)5-6-18-20-8-7-19(16-4-3-12-25-15-16)24(20,2)10-9-21(18)23/h3-4,7-8,12,14-15,18,21H,5-6,9-11,13H2,1-2H3,(H,26,27). The monoisotopic (exact) mass is 360 g/mol. The number of carbonyl (C=O) groups is 1. The maximum absolute atomic E-state index is 12.1. The van der Waals surface area contributed by atoms with Crippen molar-refractivity contribution in [2.24, 2.45) is 22.7 Å². The summed E-state index contributed by atoms with van der Waals surface area (Å²) in [6.45, 7) is 5.66. The Hall–Kier alpha value is -2.16. The summed E-state index contributed by atoms with van der Waals surface area (Å²) in [4.78, 5) is 16.4. The van der Waals surface area contributed by atoms with Crippen LogP contribution in [0.5, 0.6) is 0 Å². The number of carbonyl (C=O) groups excluding carboxylic acids is 1. The van der Waals surface area contributed by atoms with Gasteiger partial charge in [0.15, 0.2) is 0 Å². The SMILES string of the molecule is CC12CCC3C(CCC4=CC(=O)NCCC43C)C1=CC=C2c1cccnc1. The summed E-state index contributed by atoms with van der Waals surface area (Å²) in [5.41, 5.74) is 6.01. The van der Waals surface area contributed by atoms with E-state index in [2.05, 4.69) is 42.4 Å². The van der Waals surface area contributed by atoms with Gasteiger partial charge in [0.05, 0.1) is 0 Å². The molecule has 4 unspecified atom stereocenters. The van der Waals surface area contributed by atoms with Gasteiger partial charge in [0.2, 0.25) is 5.91 Å². The van der Waals surface area contributed by atoms with Crippen molar-refractivity contribution in [1.82, 2.24) is 10.3 Å². The lowest BCUT2D eigenvalue weighted by Crippen LogP contribution is -2.46. The number of rotatable bonds is 1. The first-order valence-corrected chi connectivity index (χ1v) is 10.3. The molecule has 2 saturated carbocycles. The van der Waals surface area contributed by atoms with Crippen molar-refractivity contribution in [3.63, 3.8) is 0 Å². The van der Waals surface area contributed by atoms with Crippen LogP contribution in [0.4, 0.5) is 0 Å². The van der Waals surface area contributed by atoms with E-state index in [0.29, 0.717) is 11.8 Å². The number of hydrogen-bond acceptors (Lipinski definition) is 2. The highest BCUT2D eigenvalue weighted by Gasteiger charge is 2.54. The maximum atomic E-state index is 12.1. The van der Waals surface area contributed by atoms with Gasteiger partial charge in [-0.1, -0.05) is 43.2 Å². The van der Waals surface area contributed by atoms with Crippen molar-refractivity contribution in [3.8, 4) is 0 Å². The van der Waals surface area contributed by atoms with Crippen LogP contribution >= 0.6 is 0 Å². The van der Waals surface area contributed by atoms with E-state index in [1.54, 1.807) is 5.57 Å². The van der Waals surface area contributed by atoms with Gasteiger partial charge in [0.25, 0.3) is 0 Å². The fourth-order valence-corrected chi connectivity index (χ4v) is 6.50. The Balaban J connectivity index is 1.50. The van der Waals surface area contributed by atoms with Crippen LogP contribution in [0.15, 0.2) is 53.9 Å². The number of fused-ring (bicyclic) bond motifs is 5. The summed E-state index contributed by atoms with van der Waals surface area (Å²) >= 11 is 0. The highest BCUT2D eigenvalue weighted by atomic mass is 16.1. The van der Waals surface area contributed by atoms with E-state index in [9.17, 15) is 4.79 Å². The minimum absolute atomic E-state index is 0.105. The quantitative estimate of drug-likeness (QED) is 0.790. The second-order valence-corrected chi connectivity index (χ2v) is 9.19. The third-order valence-corrected chi connectivity index (χ3v) is 8.00. The van der Waals surface area contributed by atoms with Crippen LogP contribution < -0.4 is 5.32 Å². The van der Waals surface area contributed by atoms with E-state index in [1.165, 1.54) is 36.0 Å². The first-order chi connectivity index (χ1) is 13.0. The van der Waals surface area contributed by atoms with E-state index < -0.39 is 0 Å². The molecule has 2 fully saturated rings. The number of nitrogens with zero attached hydrogens (tertiary/aromatic N) is 1. The van der Waals surface area contributed by atoms with Gasteiger partial charge in [0.1, 0.15) is 0 Å². The second kappa shape index (κ2) is 5.92. The van der Waals surface area contributed by atoms with Crippen molar-refractivity contribution in [2.45, 2.75) is 46.0 Å². The molecular weight excluding hydrogens is 332 g/mol. The largest absolute Gasteiger partial charge is 0.353 e. The number of hydrogen-bond donors (Lipinski definition) is 1. The van der Waals surface area contributed by atoms with E-state index >= 15 is 0 Å². The molecule has 1 aromatic heterocycles. The van der Waals surface area contributed by atoms with Gasteiger partial charge in [0, 0.05) is 30.4 Å². The lowest BCUT2D eigenvalue weighted by molar-refractivity contribution is -0.116. The number of nitrogens with one attached hydrogen (secondary N) is 1. The Morgan fingerprint density at radius 3 is 2.89 bits per heavy atom. The molecule has 1 N–H and O–H groups in total. The molecule has 0 bridgehead atoms. The predicted octanol–water partition coefficient (Wildman–Crippen LogP) is 4.68. The molecular formula is C24H28N2O. The highest BCUT2D eigenvalue weighted by Crippen LogP contribution is 2.64. The smallest absolute Gasteiger partial charge is 0.243 e. The van der Waals surface area contributed by atoms with Gasteiger partial charge >= 0.3 is 0 Å². The Morgan fingerprint density at radius 1 is 1.19 bits per heavy atom. The third kappa shape index (κ3) is 2.40. The number of allylic oxidation sites excluding steroid dienone is 5. The van der Waals surface area contributed by atoms with Gasteiger partial charge < -0.3 is 5.32 Å². The molecule has 0 aromatic carbocycles. The molecule has 4 atom stereocenters. The molecule has 0 radical (unpaired) electrons. The fraction of sp³-hybridized carbons (Fsp3) is 0.500. The average Bonchev–Trinajstić information content (AvgIpc) is 2.93. The molecule has 1 aliphatic heterocycles. The van der Waals surface area contributed by atoms with Gasteiger partial charge in [-0.15, -0.1) is 0 Å². The van der Waals surface area contributed by atoms with Crippen molar-refractivity contribution >= 4 is 11.5 Å². The maximum Gasteiger partial charge on any atom is 0.243 e. The van der Waals surface area contributed by atoms with Crippen molar-refractivity contribution in [3.05, 3.63) is 59.5 Å². The molecule has 27 heavy (non-hydrogen) atoms. The van der Waals surface area contributed by atoms with Gasteiger partial charge in [-0.05, 0) is 66.6 Å². The van der Waals surface area contributed by atoms with E-state index in [4.69, 9.17) is 0 Å². The zero-order valence-corrected chi connectivity index (χ0v) is 16.3. The Morgan fingerprint density at radius 2 is 2.07 bits per heavy atom. The van der Waals surface area contributed by atoms with E-state index in [-0.39, 0.29) is 16.7 Å². The lowest BCUT2D eigenvalue weighted by Gasteiger charge is -2.55. The van der Waals surface area contributed by atoms with Gasteiger partial charge in [-0.3, -0.25) is 9.78 Å². The normalized spacial score (nSPS) is 37.7. The highest BCUT2D eigenvalue weighted by molar-refractivity contribution is 5.89. The molecule has 0 spiro atoms. The minimum Gasteiger partial charge on any atom is -0.353 e. The number of pyridine rings is 1. The molecule has 3 heteroatoms.